The molecule has 2 nitrogen and oxygen atoms in total. The third-order valence-electron chi connectivity index (χ3n) is 3.21. The first kappa shape index (κ1) is 14.2. The van der Waals surface area contributed by atoms with Gasteiger partial charge in [0.05, 0.1) is 13.2 Å². The van der Waals surface area contributed by atoms with Gasteiger partial charge < -0.3 is 4.74 Å². The summed E-state index contributed by atoms with van der Waals surface area (Å²) in [6, 6.07) is 6.56. The summed E-state index contributed by atoms with van der Waals surface area (Å²) < 4.78 is 5.35. The molecule has 0 saturated carbocycles. The smallest absolute Gasteiger partial charge is 0.0594 e. The van der Waals surface area contributed by atoms with Crippen molar-refractivity contribution in [2.24, 2.45) is 0 Å². The molecule has 1 heterocycles. The second kappa shape index (κ2) is 7.46. The predicted molar refractivity (Wildman–Crippen MR) is 73.4 cm³/mol. The highest BCUT2D eigenvalue weighted by atomic mass is 16.5. The SMILES string of the molecule is CC.Cc1cccc(CN2CCOCC2)c1C. The van der Waals surface area contributed by atoms with Crippen LogP contribution >= 0.6 is 0 Å². The zero-order valence-corrected chi connectivity index (χ0v) is 11.6. The van der Waals surface area contributed by atoms with Gasteiger partial charge in [-0.2, -0.15) is 0 Å². The molecule has 0 atom stereocenters. The summed E-state index contributed by atoms with van der Waals surface area (Å²) in [6.07, 6.45) is 0. The molecule has 2 rings (SSSR count). The Bertz CT molecular complexity index is 330. The monoisotopic (exact) mass is 235 g/mol. The first-order chi connectivity index (χ1) is 8.27. The van der Waals surface area contributed by atoms with Crippen LogP contribution in [0.4, 0.5) is 0 Å². The minimum atomic E-state index is 0.880. The van der Waals surface area contributed by atoms with Crippen LogP contribution in [0.15, 0.2) is 18.2 Å². The molecule has 0 aromatic heterocycles. The average Bonchev–Trinajstić information content (AvgIpc) is 2.39. The molecule has 0 unspecified atom stereocenters. The van der Waals surface area contributed by atoms with E-state index in [0.717, 1.165) is 32.8 Å². The van der Waals surface area contributed by atoms with Gasteiger partial charge >= 0.3 is 0 Å². The van der Waals surface area contributed by atoms with Crippen LogP contribution in [0.2, 0.25) is 0 Å². The van der Waals surface area contributed by atoms with Crippen molar-refractivity contribution in [1.29, 1.82) is 0 Å². The zero-order chi connectivity index (χ0) is 12.7. The van der Waals surface area contributed by atoms with Crippen LogP contribution in [0.5, 0.6) is 0 Å². The van der Waals surface area contributed by atoms with Crippen LogP contribution in [0.1, 0.15) is 30.5 Å². The summed E-state index contributed by atoms with van der Waals surface area (Å²) in [5.41, 5.74) is 4.28. The van der Waals surface area contributed by atoms with Gasteiger partial charge in [-0.1, -0.05) is 32.0 Å². The summed E-state index contributed by atoms with van der Waals surface area (Å²) in [4.78, 5) is 2.46. The van der Waals surface area contributed by atoms with Crippen LogP contribution < -0.4 is 0 Å². The molecule has 0 spiro atoms. The Morgan fingerprint density at radius 2 is 1.76 bits per heavy atom. The Morgan fingerprint density at radius 3 is 2.41 bits per heavy atom. The molecule has 1 aliphatic rings. The second-order valence-corrected chi connectivity index (χ2v) is 4.25. The summed E-state index contributed by atoms with van der Waals surface area (Å²) in [7, 11) is 0. The van der Waals surface area contributed by atoms with Crippen LogP contribution in [0.3, 0.4) is 0 Å². The summed E-state index contributed by atoms with van der Waals surface area (Å²) in [5, 5.41) is 0. The molecule has 1 aromatic carbocycles. The fourth-order valence-electron chi connectivity index (χ4n) is 1.98. The topological polar surface area (TPSA) is 12.5 Å². The second-order valence-electron chi connectivity index (χ2n) is 4.25. The fourth-order valence-corrected chi connectivity index (χ4v) is 1.98. The van der Waals surface area contributed by atoms with E-state index in [2.05, 4.69) is 36.9 Å². The molecule has 1 saturated heterocycles. The van der Waals surface area contributed by atoms with Gasteiger partial charge in [-0.3, -0.25) is 4.90 Å². The van der Waals surface area contributed by atoms with E-state index in [0.29, 0.717) is 0 Å². The minimum absolute atomic E-state index is 0.880. The average molecular weight is 235 g/mol. The Kier molecular flexibility index (Phi) is 6.23. The van der Waals surface area contributed by atoms with Gasteiger partial charge in [-0.15, -0.1) is 0 Å². The third kappa shape index (κ3) is 4.14. The lowest BCUT2D eigenvalue weighted by atomic mass is 10.0. The lowest BCUT2D eigenvalue weighted by Crippen LogP contribution is -2.35. The van der Waals surface area contributed by atoms with Gasteiger partial charge in [-0.05, 0) is 30.5 Å². The Hall–Kier alpha value is -0.860. The number of hydrogen-bond donors (Lipinski definition) is 0. The van der Waals surface area contributed by atoms with Crippen LogP contribution in [-0.4, -0.2) is 31.2 Å². The predicted octanol–water partition coefficient (Wildman–Crippen LogP) is 3.16. The number of benzene rings is 1. The third-order valence-corrected chi connectivity index (χ3v) is 3.21. The van der Waals surface area contributed by atoms with Gasteiger partial charge in [-0.25, -0.2) is 0 Å². The molecule has 2 heteroatoms. The summed E-state index contributed by atoms with van der Waals surface area (Å²) >= 11 is 0. The molecule has 0 N–H and O–H groups in total. The summed E-state index contributed by atoms with van der Waals surface area (Å²) in [5.74, 6) is 0. The van der Waals surface area contributed by atoms with Crippen LogP contribution in [0.25, 0.3) is 0 Å². The number of ether oxygens (including phenoxy) is 1. The van der Waals surface area contributed by atoms with Crippen molar-refractivity contribution < 1.29 is 4.74 Å². The maximum atomic E-state index is 5.35. The Balaban J connectivity index is 0.000000686. The lowest BCUT2D eigenvalue weighted by Gasteiger charge is -2.27. The maximum absolute atomic E-state index is 5.35. The van der Waals surface area contributed by atoms with Gasteiger partial charge in [0.2, 0.25) is 0 Å². The molecule has 0 bridgehead atoms. The Morgan fingerprint density at radius 1 is 1.12 bits per heavy atom. The minimum Gasteiger partial charge on any atom is -0.379 e. The molecule has 1 aromatic rings. The van der Waals surface area contributed by atoms with Crippen molar-refractivity contribution in [3.63, 3.8) is 0 Å². The number of rotatable bonds is 2. The van der Waals surface area contributed by atoms with Crippen molar-refractivity contribution in [2.45, 2.75) is 34.2 Å². The first-order valence-corrected chi connectivity index (χ1v) is 6.62. The molecule has 0 radical (unpaired) electrons. The standard InChI is InChI=1S/C13H19NO.C2H6/c1-11-4-3-5-13(12(11)2)10-14-6-8-15-9-7-14;1-2/h3-5H,6-10H2,1-2H3;1-2H3. The first-order valence-electron chi connectivity index (χ1n) is 6.62. The molecule has 96 valence electrons. The number of morpholine rings is 1. The van der Waals surface area contributed by atoms with Crippen molar-refractivity contribution >= 4 is 0 Å². The van der Waals surface area contributed by atoms with Crippen molar-refractivity contribution in [2.75, 3.05) is 26.3 Å². The molecule has 17 heavy (non-hydrogen) atoms. The van der Waals surface area contributed by atoms with E-state index in [1.54, 1.807) is 0 Å². The zero-order valence-electron chi connectivity index (χ0n) is 11.6. The van der Waals surface area contributed by atoms with Crippen molar-refractivity contribution in [3.8, 4) is 0 Å². The maximum Gasteiger partial charge on any atom is 0.0594 e. The van der Waals surface area contributed by atoms with Gasteiger partial charge in [0.15, 0.2) is 0 Å². The highest BCUT2D eigenvalue weighted by Crippen LogP contribution is 2.15. The highest BCUT2D eigenvalue weighted by molar-refractivity contribution is 5.32. The normalized spacial score (nSPS) is 16.2. The van der Waals surface area contributed by atoms with Gasteiger partial charge in [0.1, 0.15) is 0 Å². The van der Waals surface area contributed by atoms with Gasteiger partial charge in [0, 0.05) is 19.6 Å². The van der Waals surface area contributed by atoms with Gasteiger partial charge in [0.25, 0.3) is 0 Å². The largest absolute Gasteiger partial charge is 0.379 e. The van der Waals surface area contributed by atoms with E-state index in [1.165, 1.54) is 16.7 Å². The number of nitrogens with zero attached hydrogens (tertiary/aromatic N) is 1. The fraction of sp³-hybridized carbons (Fsp3) is 0.600. The highest BCUT2D eigenvalue weighted by Gasteiger charge is 2.11. The van der Waals surface area contributed by atoms with E-state index >= 15 is 0 Å². The quantitative estimate of drug-likeness (QED) is 0.780. The van der Waals surface area contributed by atoms with E-state index in [1.807, 2.05) is 13.8 Å². The molecular weight excluding hydrogens is 210 g/mol. The molecule has 0 aliphatic carbocycles. The van der Waals surface area contributed by atoms with Crippen molar-refractivity contribution in [3.05, 3.63) is 34.9 Å². The number of aryl methyl sites for hydroxylation is 1. The molecule has 1 aliphatic heterocycles. The van der Waals surface area contributed by atoms with E-state index in [9.17, 15) is 0 Å². The van der Waals surface area contributed by atoms with E-state index in [-0.39, 0.29) is 0 Å². The number of hydrogen-bond acceptors (Lipinski definition) is 2. The van der Waals surface area contributed by atoms with E-state index < -0.39 is 0 Å². The van der Waals surface area contributed by atoms with Crippen LogP contribution in [-0.2, 0) is 11.3 Å². The summed E-state index contributed by atoms with van der Waals surface area (Å²) in [6.45, 7) is 13.3. The molecule has 0 amide bonds. The van der Waals surface area contributed by atoms with Crippen LogP contribution in [0, 0.1) is 13.8 Å². The van der Waals surface area contributed by atoms with E-state index in [4.69, 9.17) is 4.74 Å². The molecular formula is C15H25NO. The lowest BCUT2D eigenvalue weighted by molar-refractivity contribution is 0.0341. The Labute approximate surface area is 106 Å². The van der Waals surface area contributed by atoms with Crippen molar-refractivity contribution in [1.82, 2.24) is 4.90 Å². The molecule has 1 fully saturated rings.